The van der Waals surface area contributed by atoms with Crippen LogP contribution < -0.4 is 0 Å². The molecule has 2 bridgehead atoms. The molecule has 0 saturated carbocycles. The molecule has 4 rings (SSSR count). The van der Waals surface area contributed by atoms with E-state index in [4.69, 9.17) is 4.74 Å². The second-order valence-electron chi connectivity index (χ2n) is 7.51. The number of benzene rings is 1. The van der Waals surface area contributed by atoms with Crippen LogP contribution in [-0.4, -0.2) is 22.6 Å². The summed E-state index contributed by atoms with van der Waals surface area (Å²) >= 11 is 0. The van der Waals surface area contributed by atoms with E-state index in [-0.39, 0.29) is 35.1 Å². The van der Waals surface area contributed by atoms with Crippen LogP contribution in [0.15, 0.2) is 17.9 Å². The van der Waals surface area contributed by atoms with Crippen molar-refractivity contribution in [1.82, 2.24) is 0 Å². The van der Waals surface area contributed by atoms with Gasteiger partial charge in [-0.1, -0.05) is 24.6 Å². The van der Waals surface area contributed by atoms with Gasteiger partial charge in [-0.3, -0.25) is 4.79 Å². The second-order valence-corrected chi connectivity index (χ2v) is 7.51. The second kappa shape index (κ2) is 4.70. The van der Waals surface area contributed by atoms with E-state index in [9.17, 15) is 9.90 Å². The van der Waals surface area contributed by atoms with Gasteiger partial charge in [-0.05, 0) is 56.7 Å². The Labute approximate surface area is 137 Å². The first-order valence-corrected chi connectivity index (χ1v) is 8.63. The number of ketones is 1. The number of aliphatic hydroxyl groups excluding tert-OH is 1. The van der Waals surface area contributed by atoms with E-state index in [2.05, 4.69) is 26.0 Å². The minimum Gasteiger partial charge on any atom is -0.511 e. The van der Waals surface area contributed by atoms with Crippen molar-refractivity contribution in [2.24, 2.45) is 11.8 Å². The van der Waals surface area contributed by atoms with Crippen molar-refractivity contribution >= 4 is 11.4 Å². The summed E-state index contributed by atoms with van der Waals surface area (Å²) in [5.41, 5.74) is 4.45. The molecule has 1 aromatic carbocycles. The first-order valence-electron chi connectivity index (χ1n) is 8.63. The molecule has 23 heavy (non-hydrogen) atoms. The Morgan fingerprint density at radius 2 is 1.91 bits per heavy atom. The van der Waals surface area contributed by atoms with Gasteiger partial charge in [-0.2, -0.15) is 0 Å². The maximum absolute atomic E-state index is 13.2. The lowest BCUT2D eigenvalue weighted by molar-refractivity contribution is -0.122. The van der Waals surface area contributed by atoms with Gasteiger partial charge in [0.25, 0.3) is 0 Å². The molecule has 3 heteroatoms. The Balaban J connectivity index is 1.88. The number of allylic oxidation sites excluding steroid dienone is 1. The average Bonchev–Trinajstić information content (AvgIpc) is 3.12. The Hall–Kier alpha value is -1.61. The van der Waals surface area contributed by atoms with Gasteiger partial charge >= 0.3 is 0 Å². The fraction of sp³-hybridized carbons (Fsp3) is 0.550. The third-order valence-corrected chi connectivity index (χ3v) is 6.19. The number of Topliss-reactive ketones (excluding diaryl/α,β-unsaturated/α-hetero) is 1. The first kappa shape index (κ1) is 14.9. The minimum absolute atomic E-state index is 0.00691. The molecule has 0 aromatic heterocycles. The molecule has 2 aliphatic heterocycles. The van der Waals surface area contributed by atoms with Crippen molar-refractivity contribution < 1.29 is 14.6 Å². The summed E-state index contributed by atoms with van der Waals surface area (Å²) in [6, 6.07) is 4.18. The van der Waals surface area contributed by atoms with Crippen LogP contribution in [-0.2, 0) is 9.53 Å². The Kier molecular flexibility index (Phi) is 3.05. The van der Waals surface area contributed by atoms with Gasteiger partial charge in [0.15, 0.2) is 5.78 Å². The Morgan fingerprint density at radius 3 is 2.52 bits per heavy atom. The van der Waals surface area contributed by atoms with Gasteiger partial charge < -0.3 is 9.84 Å². The van der Waals surface area contributed by atoms with Crippen molar-refractivity contribution in [2.75, 3.05) is 0 Å². The van der Waals surface area contributed by atoms with Crippen LogP contribution in [0.5, 0.6) is 0 Å². The molecule has 3 nitrogen and oxygen atoms in total. The number of carbonyl (C=O) groups excluding carboxylic acids is 1. The van der Waals surface area contributed by atoms with Crippen LogP contribution in [0.25, 0.3) is 5.57 Å². The van der Waals surface area contributed by atoms with E-state index >= 15 is 0 Å². The molecule has 2 saturated heterocycles. The molecule has 2 heterocycles. The van der Waals surface area contributed by atoms with E-state index in [1.54, 1.807) is 0 Å². The molecule has 0 radical (unpaired) electrons. The predicted molar refractivity (Wildman–Crippen MR) is 89.3 cm³/mol. The maximum Gasteiger partial charge on any atom is 0.173 e. The van der Waals surface area contributed by atoms with Crippen LogP contribution in [0.3, 0.4) is 0 Å². The van der Waals surface area contributed by atoms with Gasteiger partial charge in [0.2, 0.25) is 0 Å². The number of hydrogen-bond acceptors (Lipinski definition) is 3. The summed E-state index contributed by atoms with van der Waals surface area (Å²) in [5.74, 6) is 0.0364. The third kappa shape index (κ3) is 1.77. The van der Waals surface area contributed by atoms with Gasteiger partial charge in [-0.15, -0.1) is 0 Å². The summed E-state index contributed by atoms with van der Waals surface area (Å²) in [6.45, 7) is 8.20. The third-order valence-electron chi connectivity index (χ3n) is 6.19. The Bertz CT molecular complexity index is 722. The average molecular weight is 312 g/mol. The van der Waals surface area contributed by atoms with E-state index < -0.39 is 0 Å². The molecule has 4 atom stereocenters. The molecule has 122 valence electrons. The molecular weight excluding hydrogens is 288 g/mol. The summed E-state index contributed by atoms with van der Waals surface area (Å²) in [5, 5.41) is 10.9. The van der Waals surface area contributed by atoms with Crippen LogP contribution >= 0.6 is 0 Å². The van der Waals surface area contributed by atoms with Crippen molar-refractivity contribution in [3.8, 4) is 0 Å². The van der Waals surface area contributed by atoms with Crippen molar-refractivity contribution in [3.63, 3.8) is 0 Å². The topological polar surface area (TPSA) is 46.5 Å². The van der Waals surface area contributed by atoms with Crippen LogP contribution in [0, 0.1) is 32.6 Å². The van der Waals surface area contributed by atoms with Gasteiger partial charge in [0.1, 0.15) is 5.76 Å². The fourth-order valence-electron chi connectivity index (χ4n) is 5.32. The SMILES string of the molecule is CC[C@]12CC[C@H](O1)[C@@H]1C(O)=C(c3c(C)cc(C)cc3C)C(=O)[C@@H]12. The lowest BCUT2D eigenvalue weighted by atomic mass is 9.71. The molecule has 0 spiro atoms. The van der Waals surface area contributed by atoms with Crippen LogP contribution in [0.2, 0.25) is 0 Å². The number of carbonyl (C=O) groups is 1. The normalized spacial score (nSPS) is 35.3. The van der Waals surface area contributed by atoms with Crippen LogP contribution in [0.4, 0.5) is 0 Å². The number of hydrogen-bond donors (Lipinski definition) is 1. The number of rotatable bonds is 2. The smallest absolute Gasteiger partial charge is 0.173 e. The highest BCUT2D eigenvalue weighted by Gasteiger charge is 2.66. The molecular formula is C20H24O3. The summed E-state index contributed by atoms with van der Waals surface area (Å²) in [4.78, 5) is 13.2. The van der Waals surface area contributed by atoms with Gasteiger partial charge in [-0.25, -0.2) is 0 Å². The highest BCUT2D eigenvalue weighted by Crippen LogP contribution is 2.60. The highest BCUT2D eigenvalue weighted by atomic mass is 16.5. The van der Waals surface area contributed by atoms with E-state index in [1.807, 2.05) is 13.8 Å². The first-order chi connectivity index (χ1) is 10.9. The van der Waals surface area contributed by atoms with Crippen molar-refractivity contribution in [1.29, 1.82) is 0 Å². The molecule has 3 aliphatic rings. The Morgan fingerprint density at radius 1 is 1.26 bits per heavy atom. The summed E-state index contributed by atoms with van der Waals surface area (Å²) in [7, 11) is 0. The minimum atomic E-state index is -0.353. The zero-order valence-corrected chi connectivity index (χ0v) is 14.3. The van der Waals surface area contributed by atoms with Crippen LogP contribution in [0.1, 0.15) is 48.4 Å². The summed E-state index contributed by atoms with van der Waals surface area (Å²) in [6.07, 6.45) is 2.73. The zero-order valence-electron chi connectivity index (χ0n) is 14.3. The number of fused-ring (bicyclic) bond motifs is 5. The van der Waals surface area contributed by atoms with Gasteiger partial charge in [0, 0.05) is 0 Å². The maximum atomic E-state index is 13.2. The highest BCUT2D eigenvalue weighted by molar-refractivity contribution is 6.26. The molecule has 1 aliphatic carbocycles. The molecule has 1 N–H and O–H groups in total. The van der Waals surface area contributed by atoms with Crippen molar-refractivity contribution in [2.45, 2.75) is 58.7 Å². The van der Waals surface area contributed by atoms with Crippen molar-refractivity contribution in [3.05, 3.63) is 40.1 Å². The van der Waals surface area contributed by atoms with E-state index in [1.165, 1.54) is 5.56 Å². The molecule has 2 fully saturated rings. The molecule has 1 aromatic rings. The number of aliphatic hydroxyl groups is 1. The zero-order chi connectivity index (χ0) is 16.5. The van der Waals surface area contributed by atoms with Gasteiger partial charge in [0.05, 0.1) is 29.1 Å². The quantitative estimate of drug-likeness (QED) is 0.896. The molecule has 0 amide bonds. The lowest BCUT2D eigenvalue weighted by Crippen LogP contribution is -2.40. The largest absolute Gasteiger partial charge is 0.511 e. The fourth-order valence-corrected chi connectivity index (χ4v) is 5.32. The lowest BCUT2D eigenvalue weighted by Gasteiger charge is -2.31. The number of ether oxygens (including phenoxy) is 1. The molecule has 0 unspecified atom stereocenters. The number of aryl methyl sites for hydroxylation is 3. The van der Waals surface area contributed by atoms with E-state index in [0.717, 1.165) is 36.0 Å². The monoisotopic (exact) mass is 312 g/mol. The predicted octanol–water partition coefficient (Wildman–Crippen LogP) is 4.04. The standard InChI is InChI=1S/C20H24O3/c1-5-20-7-6-13(23-20)15-17(20)19(22)16(18(15)21)14-11(3)8-10(2)9-12(14)4/h8-9,13,15,17,21H,5-7H2,1-4H3/t13-,15-,17+,20+/m0/s1. The van der Waals surface area contributed by atoms with E-state index in [0.29, 0.717) is 5.57 Å². The summed E-state index contributed by atoms with van der Waals surface area (Å²) < 4.78 is 6.17.